The molecule has 1 heterocycles. The van der Waals surface area contributed by atoms with Gasteiger partial charge in [-0.3, -0.25) is 9.69 Å². The zero-order chi connectivity index (χ0) is 23.6. The van der Waals surface area contributed by atoms with E-state index < -0.39 is 5.60 Å². The summed E-state index contributed by atoms with van der Waals surface area (Å²) >= 11 is 0. The highest BCUT2D eigenvalue weighted by Crippen LogP contribution is 2.50. The first-order chi connectivity index (χ1) is 15.8. The second kappa shape index (κ2) is 9.74. The Bertz CT molecular complexity index is 1010. The number of ether oxygens (including phenoxy) is 2. The van der Waals surface area contributed by atoms with Crippen LogP contribution >= 0.6 is 0 Å². The third-order valence-corrected chi connectivity index (χ3v) is 7.42. The van der Waals surface area contributed by atoms with E-state index in [1.165, 1.54) is 5.56 Å². The number of amides is 1. The first-order valence-electron chi connectivity index (χ1n) is 11.9. The zero-order valence-electron chi connectivity index (χ0n) is 20.2. The summed E-state index contributed by atoms with van der Waals surface area (Å²) in [6.45, 7) is 5.01. The van der Waals surface area contributed by atoms with Crippen molar-refractivity contribution in [3.63, 3.8) is 0 Å². The van der Waals surface area contributed by atoms with Crippen molar-refractivity contribution in [2.24, 2.45) is 5.92 Å². The molecule has 178 valence electrons. The van der Waals surface area contributed by atoms with E-state index in [0.29, 0.717) is 24.5 Å². The number of anilines is 1. The molecule has 2 aromatic rings. The third kappa shape index (κ3) is 4.87. The zero-order valence-corrected chi connectivity index (χ0v) is 20.2. The molecule has 6 heteroatoms. The second-order valence-corrected chi connectivity index (χ2v) is 9.60. The van der Waals surface area contributed by atoms with Gasteiger partial charge in [0, 0.05) is 24.2 Å². The molecule has 33 heavy (non-hydrogen) atoms. The Balaban J connectivity index is 1.62. The van der Waals surface area contributed by atoms with E-state index in [0.717, 1.165) is 42.5 Å². The molecule has 2 aliphatic rings. The van der Waals surface area contributed by atoms with Crippen molar-refractivity contribution in [3.05, 3.63) is 53.1 Å². The van der Waals surface area contributed by atoms with Crippen LogP contribution in [0.25, 0.3) is 0 Å². The van der Waals surface area contributed by atoms with Crippen LogP contribution in [0, 0.1) is 19.8 Å². The Morgan fingerprint density at radius 2 is 1.88 bits per heavy atom. The molecule has 3 atom stereocenters. The van der Waals surface area contributed by atoms with E-state index in [9.17, 15) is 9.90 Å². The van der Waals surface area contributed by atoms with Gasteiger partial charge in [0.05, 0.1) is 26.4 Å². The molecule has 2 fully saturated rings. The van der Waals surface area contributed by atoms with Gasteiger partial charge in [-0.1, -0.05) is 36.6 Å². The molecule has 2 aromatic carbocycles. The molecule has 0 radical (unpaired) electrons. The monoisotopic (exact) mass is 452 g/mol. The van der Waals surface area contributed by atoms with E-state index in [2.05, 4.69) is 16.3 Å². The quantitative estimate of drug-likeness (QED) is 0.669. The minimum Gasteiger partial charge on any atom is -0.493 e. The Labute approximate surface area is 196 Å². The summed E-state index contributed by atoms with van der Waals surface area (Å²) in [6, 6.07) is 11.9. The molecule has 1 aliphatic heterocycles. The van der Waals surface area contributed by atoms with E-state index in [4.69, 9.17) is 9.47 Å². The molecule has 2 N–H and O–H groups in total. The number of piperidine rings is 1. The number of benzene rings is 2. The molecule has 1 saturated carbocycles. The van der Waals surface area contributed by atoms with E-state index in [1.54, 1.807) is 14.2 Å². The molecule has 0 unspecified atom stereocenters. The topological polar surface area (TPSA) is 71.0 Å². The summed E-state index contributed by atoms with van der Waals surface area (Å²) < 4.78 is 11.0. The number of aliphatic hydroxyl groups is 1. The Kier molecular flexibility index (Phi) is 6.96. The van der Waals surface area contributed by atoms with Gasteiger partial charge in [-0.2, -0.15) is 0 Å². The summed E-state index contributed by atoms with van der Waals surface area (Å²) in [7, 11) is 3.26. The van der Waals surface area contributed by atoms with Crippen molar-refractivity contribution < 1.29 is 19.4 Å². The Morgan fingerprint density at radius 1 is 1.09 bits per heavy atom. The number of hydrogen-bond acceptors (Lipinski definition) is 5. The van der Waals surface area contributed by atoms with Crippen LogP contribution in [0.5, 0.6) is 11.5 Å². The number of carbonyl (C=O) groups is 1. The molecule has 0 spiro atoms. The number of aryl methyl sites for hydroxylation is 2. The number of hydrogen-bond donors (Lipinski definition) is 2. The van der Waals surface area contributed by atoms with Crippen molar-refractivity contribution in [2.75, 3.05) is 32.6 Å². The van der Waals surface area contributed by atoms with Crippen molar-refractivity contribution >= 4 is 11.6 Å². The second-order valence-electron chi connectivity index (χ2n) is 9.60. The van der Waals surface area contributed by atoms with Crippen LogP contribution in [0.15, 0.2) is 36.4 Å². The Morgan fingerprint density at radius 3 is 2.61 bits per heavy atom. The molecule has 0 bridgehead atoms. The molecule has 1 aliphatic carbocycles. The van der Waals surface area contributed by atoms with E-state index in [1.807, 2.05) is 44.2 Å². The third-order valence-electron chi connectivity index (χ3n) is 7.42. The summed E-state index contributed by atoms with van der Waals surface area (Å²) in [6.07, 6.45) is 4.62. The summed E-state index contributed by atoms with van der Waals surface area (Å²) in [5.41, 5.74) is 3.44. The summed E-state index contributed by atoms with van der Waals surface area (Å²) in [5, 5.41) is 14.6. The number of nitrogens with zero attached hydrogens (tertiary/aromatic N) is 1. The predicted molar refractivity (Wildman–Crippen MR) is 130 cm³/mol. The lowest BCUT2D eigenvalue weighted by atomic mass is 9.66. The highest BCUT2D eigenvalue weighted by atomic mass is 16.5. The first kappa shape index (κ1) is 23.6. The first-order valence-corrected chi connectivity index (χ1v) is 11.9. The standard InChI is InChI=1S/C27H36N2O4/c1-18-8-10-22(19(2)15-18)28-25(30)17-29-14-13-27(31)12-6-5-7-21(27)26(29)20-9-11-23(32-3)24(16-20)33-4/h8-11,15-16,21,26,31H,5-7,12-14,17H2,1-4H3,(H,28,30)/t21-,26-,27-/m1/s1. The highest BCUT2D eigenvalue weighted by Gasteiger charge is 2.49. The number of carbonyl (C=O) groups excluding carboxylic acids is 1. The van der Waals surface area contributed by atoms with Crippen molar-refractivity contribution in [1.29, 1.82) is 0 Å². The predicted octanol–water partition coefficient (Wildman–Crippen LogP) is 4.63. The van der Waals surface area contributed by atoms with Crippen LogP contribution < -0.4 is 14.8 Å². The van der Waals surface area contributed by atoms with Crippen LogP contribution in [-0.2, 0) is 4.79 Å². The maximum absolute atomic E-state index is 13.1. The fourth-order valence-corrected chi connectivity index (χ4v) is 5.73. The fourth-order valence-electron chi connectivity index (χ4n) is 5.73. The van der Waals surface area contributed by atoms with Crippen LogP contribution in [-0.4, -0.2) is 48.8 Å². The molecule has 1 saturated heterocycles. The van der Waals surface area contributed by atoms with Gasteiger partial charge >= 0.3 is 0 Å². The lowest BCUT2D eigenvalue weighted by molar-refractivity contribution is -0.135. The number of methoxy groups -OCH3 is 2. The number of nitrogens with one attached hydrogen (secondary N) is 1. The number of fused-ring (bicyclic) bond motifs is 1. The maximum atomic E-state index is 13.1. The van der Waals surface area contributed by atoms with Crippen molar-refractivity contribution in [2.45, 2.75) is 57.6 Å². The van der Waals surface area contributed by atoms with Gasteiger partial charge in [-0.15, -0.1) is 0 Å². The average molecular weight is 453 g/mol. The SMILES string of the molecule is COc1ccc([C@@H]2[C@H]3CCCC[C@@]3(O)CCN2CC(=O)Nc2ccc(C)cc2C)cc1OC. The van der Waals surface area contributed by atoms with Crippen LogP contribution in [0.4, 0.5) is 5.69 Å². The summed E-state index contributed by atoms with van der Waals surface area (Å²) in [4.78, 5) is 15.3. The lowest BCUT2D eigenvalue weighted by Crippen LogP contribution is -2.56. The molecule has 4 rings (SSSR count). The van der Waals surface area contributed by atoms with Crippen LogP contribution in [0.3, 0.4) is 0 Å². The average Bonchev–Trinajstić information content (AvgIpc) is 2.80. The molecular weight excluding hydrogens is 416 g/mol. The van der Waals surface area contributed by atoms with Gasteiger partial charge < -0.3 is 19.9 Å². The normalized spacial score (nSPS) is 25.2. The number of rotatable bonds is 6. The van der Waals surface area contributed by atoms with Gasteiger partial charge in [-0.25, -0.2) is 0 Å². The molecular formula is C27H36N2O4. The van der Waals surface area contributed by atoms with Gasteiger partial charge in [0.1, 0.15) is 0 Å². The minimum atomic E-state index is -0.684. The number of likely N-dealkylation sites (tertiary alicyclic amines) is 1. The highest BCUT2D eigenvalue weighted by molar-refractivity contribution is 5.93. The largest absolute Gasteiger partial charge is 0.493 e. The van der Waals surface area contributed by atoms with Gasteiger partial charge in [0.15, 0.2) is 11.5 Å². The fraction of sp³-hybridized carbons (Fsp3) is 0.519. The Hall–Kier alpha value is -2.57. The van der Waals surface area contributed by atoms with Gasteiger partial charge in [0.2, 0.25) is 5.91 Å². The van der Waals surface area contributed by atoms with Gasteiger partial charge in [0.25, 0.3) is 0 Å². The van der Waals surface area contributed by atoms with Gasteiger partial charge in [-0.05, 0) is 62.4 Å². The van der Waals surface area contributed by atoms with Crippen LogP contribution in [0.2, 0.25) is 0 Å². The van der Waals surface area contributed by atoms with Crippen molar-refractivity contribution in [1.82, 2.24) is 4.90 Å². The molecule has 0 aromatic heterocycles. The summed E-state index contributed by atoms with van der Waals surface area (Å²) in [5.74, 6) is 1.38. The van der Waals surface area contributed by atoms with Crippen LogP contribution in [0.1, 0.15) is 54.8 Å². The molecule has 6 nitrogen and oxygen atoms in total. The molecule has 1 amide bonds. The van der Waals surface area contributed by atoms with E-state index >= 15 is 0 Å². The lowest BCUT2D eigenvalue weighted by Gasteiger charge is -2.52. The van der Waals surface area contributed by atoms with Crippen molar-refractivity contribution in [3.8, 4) is 11.5 Å². The minimum absolute atomic E-state index is 0.0336. The maximum Gasteiger partial charge on any atom is 0.238 e. The smallest absolute Gasteiger partial charge is 0.238 e. The van der Waals surface area contributed by atoms with E-state index in [-0.39, 0.29) is 24.4 Å².